The van der Waals surface area contributed by atoms with E-state index in [1.54, 1.807) is 13.1 Å². The maximum Gasteiger partial charge on any atom is 0.268 e. The van der Waals surface area contributed by atoms with Gasteiger partial charge >= 0.3 is 0 Å². The van der Waals surface area contributed by atoms with E-state index in [9.17, 15) is 9.59 Å². The highest BCUT2D eigenvalue weighted by molar-refractivity contribution is 7.17. The van der Waals surface area contributed by atoms with Gasteiger partial charge in [0.05, 0.1) is 31.2 Å². The van der Waals surface area contributed by atoms with E-state index in [1.165, 1.54) is 16.2 Å². The van der Waals surface area contributed by atoms with E-state index in [-0.39, 0.29) is 30.0 Å². The Labute approximate surface area is 124 Å². The van der Waals surface area contributed by atoms with E-state index in [2.05, 4.69) is 9.97 Å². The van der Waals surface area contributed by atoms with E-state index < -0.39 is 0 Å². The third-order valence-electron chi connectivity index (χ3n) is 3.57. The van der Waals surface area contributed by atoms with Gasteiger partial charge in [0, 0.05) is 13.1 Å². The molecular formula is C13H16N4O3S. The lowest BCUT2D eigenvalue weighted by molar-refractivity contribution is -0.135. The molecule has 1 aliphatic heterocycles. The highest BCUT2D eigenvalue weighted by Gasteiger charge is 2.33. The number of H-pyrrole nitrogens is 1. The molecular weight excluding hydrogens is 292 g/mol. The van der Waals surface area contributed by atoms with E-state index in [0.29, 0.717) is 29.3 Å². The Hall–Kier alpha value is -1.77. The molecule has 0 bridgehead atoms. The normalized spacial score (nSPS) is 21.8. The molecule has 3 heterocycles. The Bertz CT molecular complexity index is 726. The lowest BCUT2D eigenvalue weighted by Gasteiger charge is -2.21. The fourth-order valence-corrected chi connectivity index (χ4v) is 3.13. The number of hydrogen-bond donors (Lipinski definition) is 2. The predicted octanol–water partition coefficient (Wildman–Crippen LogP) is -0.0833. The molecule has 3 rings (SSSR count). The lowest BCUT2D eigenvalue weighted by atomic mass is 10.0. The molecule has 0 spiro atoms. The average Bonchev–Trinajstić information content (AvgIpc) is 3.06. The molecule has 1 aliphatic rings. The first-order valence-electron chi connectivity index (χ1n) is 6.61. The molecule has 112 valence electrons. The summed E-state index contributed by atoms with van der Waals surface area (Å²) < 4.78 is 5.81. The van der Waals surface area contributed by atoms with Gasteiger partial charge in [0.1, 0.15) is 10.5 Å². The number of carbonyl (C=O) groups excluding carboxylic acids is 1. The topological polar surface area (TPSA) is 101 Å². The first-order chi connectivity index (χ1) is 10.1. The second-order valence-corrected chi connectivity index (χ2v) is 6.07. The molecule has 0 saturated carbocycles. The van der Waals surface area contributed by atoms with Crippen molar-refractivity contribution >= 4 is 27.5 Å². The van der Waals surface area contributed by atoms with Gasteiger partial charge in [-0.15, -0.1) is 11.3 Å². The second kappa shape index (κ2) is 5.55. The van der Waals surface area contributed by atoms with Crippen LogP contribution in [-0.4, -0.2) is 47.1 Å². The number of hydrogen-bond acceptors (Lipinski definition) is 6. The van der Waals surface area contributed by atoms with Crippen molar-refractivity contribution in [2.75, 3.05) is 20.3 Å². The molecule has 2 atom stereocenters. The third-order valence-corrected chi connectivity index (χ3v) is 4.47. The average molecular weight is 308 g/mol. The quantitative estimate of drug-likeness (QED) is 0.825. The number of carbonyl (C=O) groups is 1. The Morgan fingerprint density at radius 2 is 2.43 bits per heavy atom. The van der Waals surface area contributed by atoms with Crippen LogP contribution in [0.5, 0.6) is 0 Å². The number of ether oxygens (including phenoxy) is 1. The van der Waals surface area contributed by atoms with Crippen molar-refractivity contribution in [3.63, 3.8) is 0 Å². The van der Waals surface area contributed by atoms with E-state index in [0.717, 1.165) is 0 Å². The number of thiophene rings is 1. The van der Waals surface area contributed by atoms with Crippen LogP contribution in [0.25, 0.3) is 10.2 Å². The fraction of sp³-hybridized carbons (Fsp3) is 0.462. The molecule has 0 aliphatic carbocycles. The summed E-state index contributed by atoms with van der Waals surface area (Å²) in [4.78, 5) is 32.8. The highest BCUT2D eigenvalue weighted by Crippen LogP contribution is 2.16. The van der Waals surface area contributed by atoms with Crippen LogP contribution in [0.3, 0.4) is 0 Å². The van der Waals surface area contributed by atoms with Gasteiger partial charge in [0.15, 0.2) is 0 Å². The Morgan fingerprint density at radius 3 is 3.14 bits per heavy atom. The molecule has 2 aromatic heterocycles. The molecule has 7 nitrogen and oxygen atoms in total. The van der Waals surface area contributed by atoms with Crippen LogP contribution in [0.1, 0.15) is 5.82 Å². The van der Waals surface area contributed by atoms with Gasteiger partial charge in [0.2, 0.25) is 5.91 Å². The number of amides is 1. The van der Waals surface area contributed by atoms with Crippen molar-refractivity contribution in [1.29, 1.82) is 0 Å². The van der Waals surface area contributed by atoms with Gasteiger partial charge in [-0.25, -0.2) is 4.98 Å². The van der Waals surface area contributed by atoms with E-state index in [4.69, 9.17) is 10.5 Å². The van der Waals surface area contributed by atoms with Crippen molar-refractivity contribution in [1.82, 2.24) is 14.9 Å². The van der Waals surface area contributed by atoms with E-state index >= 15 is 0 Å². The van der Waals surface area contributed by atoms with Crippen LogP contribution in [0.4, 0.5) is 0 Å². The largest absolute Gasteiger partial charge is 0.379 e. The van der Waals surface area contributed by atoms with E-state index in [1.807, 2.05) is 5.38 Å². The number of nitrogens with zero attached hydrogens (tertiary/aromatic N) is 2. The minimum absolute atomic E-state index is 0.0898. The minimum atomic E-state index is -0.327. The number of nitrogens with one attached hydrogen (secondary N) is 1. The zero-order chi connectivity index (χ0) is 15.0. The summed E-state index contributed by atoms with van der Waals surface area (Å²) in [6.45, 7) is 0.987. The molecule has 1 amide bonds. The number of fused-ring (bicyclic) bond motifs is 1. The van der Waals surface area contributed by atoms with Crippen LogP contribution < -0.4 is 11.3 Å². The summed E-state index contributed by atoms with van der Waals surface area (Å²) in [5.41, 5.74) is 6.33. The monoisotopic (exact) mass is 308 g/mol. The number of aromatic amines is 1. The summed E-state index contributed by atoms with van der Waals surface area (Å²) >= 11 is 1.35. The highest BCUT2D eigenvalue weighted by atomic mass is 32.1. The molecule has 3 N–H and O–H groups in total. The van der Waals surface area contributed by atoms with Crippen molar-refractivity contribution in [2.24, 2.45) is 11.7 Å². The number of nitrogens with two attached hydrogens (primary N) is 1. The van der Waals surface area contributed by atoms with Gasteiger partial charge in [0.25, 0.3) is 5.56 Å². The fourth-order valence-electron chi connectivity index (χ4n) is 2.41. The zero-order valence-corrected chi connectivity index (χ0v) is 12.4. The third kappa shape index (κ3) is 2.69. The van der Waals surface area contributed by atoms with Crippen molar-refractivity contribution in [2.45, 2.75) is 12.6 Å². The Morgan fingerprint density at radius 1 is 1.62 bits per heavy atom. The smallest absolute Gasteiger partial charge is 0.268 e. The molecule has 2 aromatic rings. The van der Waals surface area contributed by atoms with Crippen molar-refractivity contribution < 1.29 is 9.53 Å². The molecule has 2 unspecified atom stereocenters. The molecule has 0 aromatic carbocycles. The lowest BCUT2D eigenvalue weighted by Crippen LogP contribution is -2.42. The molecule has 1 fully saturated rings. The maximum absolute atomic E-state index is 12.3. The van der Waals surface area contributed by atoms with Gasteiger partial charge < -0.3 is 20.4 Å². The van der Waals surface area contributed by atoms with Crippen molar-refractivity contribution in [3.05, 3.63) is 27.6 Å². The summed E-state index contributed by atoms with van der Waals surface area (Å²) in [5, 5.41) is 1.82. The summed E-state index contributed by atoms with van der Waals surface area (Å²) in [5.74, 6) is 0.0499. The predicted molar refractivity (Wildman–Crippen MR) is 79.0 cm³/mol. The maximum atomic E-state index is 12.3. The van der Waals surface area contributed by atoms with Gasteiger partial charge in [-0.3, -0.25) is 9.59 Å². The number of rotatable bonds is 3. The summed E-state index contributed by atoms with van der Waals surface area (Å²) in [7, 11) is 1.67. The van der Waals surface area contributed by atoms with Crippen molar-refractivity contribution in [3.8, 4) is 0 Å². The van der Waals surface area contributed by atoms with Crippen LogP contribution >= 0.6 is 11.3 Å². The first-order valence-corrected chi connectivity index (χ1v) is 7.49. The summed E-state index contributed by atoms with van der Waals surface area (Å²) in [6.07, 6.45) is 0. The molecule has 8 heteroatoms. The number of aromatic nitrogens is 2. The van der Waals surface area contributed by atoms with Crippen LogP contribution in [0.2, 0.25) is 0 Å². The Kier molecular flexibility index (Phi) is 3.75. The van der Waals surface area contributed by atoms with Gasteiger partial charge in [-0.05, 0) is 11.4 Å². The minimum Gasteiger partial charge on any atom is -0.379 e. The van der Waals surface area contributed by atoms with Crippen LogP contribution in [0.15, 0.2) is 16.2 Å². The SMILES string of the molecule is CN(Cc1nc2ccsc2c(=O)[nH]1)C(=O)C1COCC1N. The van der Waals surface area contributed by atoms with Crippen LogP contribution in [0, 0.1) is 5.92 Å². The molecule has 21 heavy (non-hydrogen) atoms. The van der Waals surface area contributed by atoms with Gasteiger partial charge in [-0.2, -0.15) is 0 Å². The summed E-state index contributed by atoms with van der Waals surface area (Å²) in [6, 6.07) is 1.52. The standard InChI is InChI=1S/C13H16N4O3S/c1-17(13(19)7-5-20-6-8(7)14)4-10-15-9-2-3-21-11(9)12(18)16-10/h2-3,7-8H,4-6,14H2,1H3,(H,15,16,18). The van der Waals surface area contributed by atoms with Crippen LogP contribution in [-0.2, 0) is 16.1 Å². The first kappa shape index (κ1) is 14.2. The zero-order valence-electron chi connectivity index (χ0n) is 11.5. The molecule has 1 saturated heterocycles. The molecule has 0 radical (unpaired) electrons. The second-order valence-electron chi connectivity index (χ2n) is 5.15. The van der Waals surface area contributed by atoms with Gasteiger partial charge in [-0.1, -0.05) is 0 Å². The Balaban J connectivity index is 1.78.